The topological polar surface area (TPSA) is 56.7 Å². The van der Waals surface area contributed by atoms with Crippen molar-refractivity contribution >= 4 is 11.8 Å². The highest BCUT2D eigenvalue weighted by Crippen LogP contribution is 2.34. The Kier molecular flexibility index (Phi) is 5.50. The maximum Gasteiger partial charge on any atom is 0.124 e. The zero-order valence-corrected chi connectivity index (χ0v) is 15.1. The van der Waals surface area contributed by atoms with Gasteiger partial charge in [-0.25, -0.2) is 9.37 Å². The fraction of sp³-hybridized carbons (Fsp3) is 0.263. The van der Waals surface area contributed by atoms with E-state index in [0.717, 1.165) is 27.0 Å². The molecule has 0 radical (unpaired) electrons. The highest BCUT2D eigenvalue weighted by molar-refractivity contribution is 7.99. The summed E-state index contributed by atoms with van der Waals surface area (Å²) in [6.07, 6.45) is 3.57. The van der Waals surface area contributed by atoms with Gasteiger partial charge in [0.25, 0.3) is 0 Å². The van der Waals surface area contributed by atoms with Gasteiger partial charge in [-0.1, -0.05) is 31.7 Å². The van der Waals surface area contributed by atoms with E-state index in [1.54, 1.807) is 18.5 Å². The van der Waals surface area contributed by atoms with Gasteiger partial charge in [0, 0.05) is 23.8 Å². The molecule has 2 heterocycles. The van der Waals surface area contributed by atoms with Gasteiger partial charge in [-0.3, -0.25) is 4.98 Å². The lowest BCUT2D eigenvalue weighted by molar-refractivity contribution is 0.624. The van der Waals surface area contributed by atoms with Crippen molar-refractivity contribution in [2.45, 2.75) is 42.8 Å². The maximum atomic E-state index is 13.5. The van der Waals surface area contributed by atoms with Crippen LogP contribution in [0.5, 0.6) is 0 Å². The molecule has 0 aliphatic carbocycles. The first kappa shape index (κ1) is 17.6. The van der Waals surface area contributed by atoms with Gasteiger partial charge in [0.15, 0.2) is 0 Å². The molecule has 2 N–H and O–H groups in total. The number of nitrogens with two attached hydrogens (primary N) is 1. The molecule has 2 aromatic heterocycles. The van der Waals surface area contributed by atoms with Crippen LogP contribution in [0.2, 0.25) is 0 Å². The predicted octanol–water partition coefficient (Wildman–Crippen LogP) is 4.20. The van der Waals surface area contributed by atoms with Crippen LogP contribution in [0.25, 0.3) is 0 Å². The van der Waals surface area contributed by atoms with Crippen molar-refractivity contribution < 1.29 is 4.39 Å². The van der Waals surface area contributed by atoms with E-state index in [9.17, 15) is 4.39 Å². The normalized spacial score (nSPS) is 11.2. The number of rotatable bonds is 6. The number of benzene rings is 1. The van der Waals surface area contributed by atoms with Crippen molar-refractivity contribution in [1.29, 1.82) is 0 Å². The molecule has 0 atom stereocenters. The summed E-state index contributed by atoms with van der Waals surface area (Å²) >= 11 is 1.48. The summed E-state index contributed by atoms with van der Waals surface area (Å²) in [6, 6.07) is 10.6. The van der Waals surface area contributed by atoms with Crippen LogP contribution >= 0.6 is 11.8 Å². The number of hydrogen-bond donors (Lipinski definition) is 1. The van der Waals surface area contributed by atoms with Gasteiger partial charge < -0.3 is 10.3 Å². The first-order chi connectivity index (χ1) is 12.1. The molecule has 25 heavy (non-hydrogen) atoms. The Bertz CT molecular complexity index is 846. The van der Waals surface area contributed by atoms with Gasteiger partial charge in [-0.05, 0) is 41.8 Å². The van der Waals surface area contributed by atoms with Crippen molar-refractivity contribution in [3.05, 3.63) is 71.7 Å². The van der Waals surface area contributed by atoms with Crippen molar-refractivity contribution in [2.75, 3.05) is 0 Å². The van der Waals surface area contributed by atoms with E-state index in [1.807, 2.05) is 18.2 Å². The first-order valence-electron chi connectivity index (χ1n) is 8.20. The zero-order valence-electron chi connectivity index (χ0n) is 14.3. The number of hydrogen-bond acceptors (Lipinski definition) is 4. The Balaban J connectivity index is 2.01. The molecule has 4 nitrogen and oxygen atoms in total. The van der Waals surface area contributed by atoms with E-state index >= 15 is 0 Å². The summed E-state index contributed by atoms with van der Waals surface area (Å²) in [5, 5.41) is 0.884. The molecule has 130 valence electrons. The van der Waals surface area contributed by atoms with Crippen molar-refractivity contribution in [1.82, 2.24) is 14.5 Å². The lowest BCUT2D eigenvalue weighted by atomic mass is 10.1. The molecule has 0 aliphatic heterocycles. The van der Waals surface area contributed by atoms with E-state index in [4.69, 9.17) is 10.7 Å². The van der Waals surface area contributed by atoms with Gasteiger partial charge in [0.2, 0.25) is 0 Å². The lowest BCUT2D eigenvalue weighted by Crippen LogP contribution is -2.12. The van der Waals surface area contributed by atoms with Crippen LogP contribution in [-0.4, -0.2) is 14.5 Å². The van der Waals surface area contributed by atoms with Gasteiger partial charge in [0.05, 0.1) is 12.2 Å². The van der Waals surface area contributed by atoms with Gasteiger partial charge in [-0.2, -0.15) is 0 Å². The highest BCUT2D eigenvalue weighted by Gasteiger charge is 2.20. The zero-order chi connectivity index (χ0) is 17.8. The molecule has 0 saturated heterocycles. The van der Waals surface area contributed by atoms with Gasteiger partial charge >= 0.3 is 0 Å². The van der Waals surface area contributed by atoms with Gasteiger partial charge in [-0.15, -0.1) is 0 Å². The number of halogens is 1. The second-order valence-electron chi connectivity index (χ2n) is 6.08. The third-order valence-corrected chi connectivity index (χ3v) is 4.87. The molecule has 0 fully saturated rings. The standard InChI is InChI=1S/C19H21FN4S/c1-13(2)18-19(25-16-5-3-4-15(20)10-16)23-17(11-21)24(18)12-14-6-8-22-9-7-14/h3-10,13H,11-12,21H2,1-2H3. The molecule has 1 aromatic carbocycles. The van der Waals surface area contributed by atoms with E-state index in [2.05, 4.69) is 23.4 Å². The third-order valence-electron chi connectivity index (χ3n) is 3.88. The van der Waals surface area contributed by atoms with Crippen LogP contribution in [0.1, 0.15) is 36.8 Å². The fourth-order valence-electron chi connectivity index (χ4n) is 2.77. The van der Waals surface area contributed by atoms with Crippen molar-refractivity contribution in [3.63, 3.8) is 0 Å². The minimum Gasteiger partial charge on any atom is -0.325 e. The molecule has 0 spiro atoms. The summed E-state index contributed by atoms with van der Waals surface area (Å²) < 4.78 is 15.7. The number of pyridine rings is 1. The van der Waals surface area contributed by atoms with Gasteiger partial charge in [0.1, 0.15) is 16.7 Å². The number of aromatic nitrogens is 3. The van der Waals surface area contributed by atoms with E-state index in [0.29, 0.717) is 13.1 Å². The Morgan fingerprint density at radius 2 is 1.96 bits per heavy atom. The molecular formula is C19H21FN4S. The molecule has 0 bridgehead atoms. The largest absolute Gasteiger partial charge is 0.325 e. The predicted molar refractivity (Wildman–Crippen MR) is 98.1 cm³/mol. The number of imidazole rings is 1. The molecule has 0 saturated carbocycles. The summed E-state index contributed by atoms with van der Waals surface area (Å²) in [5.41, 5.74) is 8.20. The summed E-state index contributed by atoms with van der Waals surface area (Å²) in [4.78, 5) is 9.63. The summed E-state index contributed by atoms with van der Waals surface area (Å²) in [6.45, 7) is 5.32. The van der Waals surface area contributed by atoms with Crippen molar-refractivity contribution in [2.24, 2.45) is 5.73 Å². The van der Waals surface area contributed by atoms with E-state index < -0.39 is 0 Å². The average molecular weight is 356 g/mol. The average Bonchev–Trinajstić information content (AvgIpc) is 2.93. The third kappa shape index (κ3) is 4.08. The molecular weight excluding hydrogens is 335 g/mol. The monoisotopic (exact) mass is 356 g/mol. The molecule has 3 rings (SSSR count). The SMILES string of the molecule is CC(C)c1c(Sc2cccc(F)c2)nc(CN)n1Cc1ccncc1. The quantitative estimate of drug-likeness (QED) is 0.719. The second-order valence-corrected chi connectivity index (χ2v) is 7.14. The second kappa shape index (κ2) is 7.80. The molecule has 3 aromatic rings. The van der Waals surface area contributed by atoms with Crippen LogP contribution in [0, 0.1) is 5.82 Å². The Morgan fingerprint density at radius 1 is 1.20 bits per heavy atom. The van der Waals surface area contributed by atoms with Crippen LogP contribution in [0.3, 0.4) is 0 Å². The Hall–Kier alpha value is -2.18. The first-order valence-corrected chi connectivity index (χ1v) is 9.01. The smallest absolute Gasteiger partial charge is 0.124 e. The molecule has 0 amide bonds. The van der Waals surface area contributed by atoms with E-state index in [-0.39, 0.29) is 11.7 Å². The minimum atomic E-state index is -0.244. The lowest BCUT2D eigenvalue weighted by Gasteiger charge is -2.15. The Labute approximate surface area is 151 Å². The molecule has 0 unspecified atom stereocenters. The highest BCUT2D eigenvalue weighted by atomic mass is 32.2. The van der Waals surface area contributed by atoms with E-state index in [1.165, 1.54) is 23.9 Å². The van der Waals surface area contributed by atoms with Crippen LogP contribution in [0.15, 0.2) is 58.7 Å². The van der Waals surface area contributed by atoms with Crippen LogP contribution in [-0.2, 0) is 13.1 Å². The Morgan fingerprint density at radius 3 is 2.60 bits per heavy atom. The van der Waals surface area contributed by atoms with Crippen molar-refractivity contribution in [3.8, 4) is 0 Å². The number of nitrogens with zero attached hydrogens (tertiary/aromatic N) is 3. The summed E-state index contributed by atoms with van der Waals surface area (Å²) in [7, 11) is 0. The summed E-state index contributed by atoms with van der Waals surface area (Å²) in [5.74, 6) is 0.858. The molecule has 6 heteroatoms. The van der Waals surface area contributed by atoms with Crippen LogP contribution in [0.4, 0.5) is 4.39 Å². The molecule has 0 aliphatic rings. The van der Waals surface area contributed by atoms with Crippen LogP contribution < -0.4 is 5.73 Å². The maximum absolute atomic E-state index is 13.5. The fourth-order valence-corrected chi connectivity index (χ4v) is 3.91. The minimum absolute atomic E-state index is 0.244.